The molecule has 3 aromatic carbocycles. The van der Waals surface area contributed by atoms with Gasteiger partial charge in [0.1, 0.15) is 5.15 Å². The van der Waals surface area contributed by atoms with Gasteiger partial charge >= 0.3 is 0 Å². The molecule has 1 aromatic heterocycles. The molecule has 4 nitrogen and oxygen atoms in total. The predicted molar refractivity (Wildman–Crippen MR) is 143 cm³/mol. The Morgan fingerprint density at radius 1 is 1.00 bits per heavy atom. The highest BCUT2D eigenvalue weighted by molar-refractivity contribution is 9.10. The number of halogens is 2. The first kappa shape index (κ1) is 22.1. The van der Waals surface area contributed by atoms with Crippen molar-refractivity contribution in [3.8, 4) is 0 Å². The molecule has 0 amide bonds. The van der Waals surface area contributed by atoms with E-state index >= 15 is 0 Å². The maximum absolute atomic E-state index is 6.73. The Balaban J connectivity index is 1.46. The number of anilines is 2. The zero-order valence-electron chi connectivity index (χ0n) is 18.0. The molecule has 7 heteroatoms. The molecule has 0 radical (unpaired) electrons. The maximum atomic E-state index is 6.73. The molecular formula is C26H22BrClN4S. The lowest BCUT2D eigenvalue weighted by molar-refractivity contribution is 0.720. The van der Waals surface area contributed by atoms with Gasteiger partial charge in [0.2, 0.25) is 0 Å². The summed E-state index contributed by atoms with van der Waals surface area (Å²) in [7, 11) is 2.05. The lowest BCUT2D eigenvalue weighted by Gasteiger charge is -2.22. The van der Waals surface area contributed by atoms with Crippen LogP contribution in [0.1, 0.15) is 28.5 Å². The molecule has 1 unspecified atom stereocenters. The molecule has 0 aliphatic carbocycles. The Bertz CT molecular complexity index is 1260. The van der Waals surface area contributed by atoms with Gasteiger partial charge in [-0.15, -0.1) is 0 Å². The minimum Gasteiger partial charge on any atom is -0.347 e. The fourth-order valence-electron chi connectivity index (χ4n) is 3.95. The zero-order valence-corrected chi connectivity index (χ0v) is 21.2. The van der Waals surface area contributed by atoms with Gasteiger partial charge in [-0.25, -0.2) is 4.98 Å². The van der Waals surface area contributed by atoms with Crippen LogP contribution >= 0.6 is 38.9 Å². The van der Waals surface area contributed by atoms with Crippen LogP contribution in [0.3, 0.4) is 0 Å². The summed E-state index contributed by atoms with van der Waals surface area (Å²) >= 11 is 11.9. The highest BCUT2D eigenvalue weighted by Gasteiger charge is 2.33. The van der Waals surface area contributed by atoms with E-state index in [9.17, 15) is 0 Å². The summed E-state index contributed by atoms with van der Waals surface area (Å²) in [5, 5.41) is 8.56. The minimum atomic E-state index is -0.00470. The Hall–Kier alpha value is -2.67. The molecular weight excluding hydrogens is 516 g/mol. The van der Waals surface area contributed by atoms with E-state index in [1.54, 1.807) is 11.3 Å². The van der Waals surface area contributed by atoms with Crippen molar-refractivity contribution in [3.05, 3.63) is 111 Å². The van der Waals surface area contributed by atoms with Crippen molar-refractivity contribution in [3.63, 3.8) is 0 Å². The van der Waals surface area contributed by atoms with Gasteiger partial charge in [0.05, 0.1) is 22.3 Å². The van der Waals surface area contributed by atoms with Gasteiger partial charge < -0.3 is 4.90 Å². The number of thiazole rings is 1. The Morgan fingerprint density at radius 3 is 2.36 bits per heavy atom. The van der Waals surface area contributed by atoms with Crippen LogP contribution in [0.2, 0.25) is 5.15 Å². The number of benzene rings is 3. The van der Waals surface area contributed by atoms with E-state index in [2.05, 4.69) is 81.4 Å². The van der Waals surface area contributed by atoms with Crippen molar-refractivity contribution < 1.29 is 0 Å². The van der Waals surface area contributed by atoms with Crippen LogP contribution < -0.4 is 9.91 Å². The van der Waals surface area contributed by atoms with Gasteiger partial charge in [0.25, 0.3) is 0 Å². The highest BCUT2D eigenvalue weighted by atomic mass is 79.9. The van der Waals surface area contributed by atoms with Gasteiger partial charge in [-0.05, 0) is 35.4 Å². The number of rotatable bonds is 6. The molecule has 0 saturated carbocycles. The summed E-state index contributed by atoms with van der Waals surface area (Å²) in [5.74, 6) is 0. The molecule has 0 saturated heterocycles. The van der Waals surface area contributed by atoms with Gasteiger partial charge in [0.15, 0.2) is 5.13 Å². The van der Waals surface area contributed by atoms with E-state index in [0.29, 0.717) is 5.15 Å². The van der Waals surface area contributed by atoms with Crippen molar-refractivity contribution in [1.29, 1.82) is 0 Å². The van der Waals surface area contributed by atoms with Crippen molar-refractivity contribution in [2.75, 3.05) is 17.0 Å². The first-order valence-corrected chi connectivity index (χ1v) is 12.7. The van der Waals surface area contributed by atoms with Crippen LogP contribution in [-0.4, -0.2) is 17.7 Å². The molecule has 166 valence electrons. The summed E-state index contributed by atoms with van der Waals surface area (Å²) in [5.41, 5.74) is 4.43. The molecule has 4 aromatic rings. The first-order valence-electron chi connectivity index (χ1n) is 10.7. The van der Waals surface area contributed by atoms with E-state index in [-0.39, 0.29) is 6.04 Å². The van der Waals surface area contributed by atoms with Crippen LogP contribution in [0, 0.1) is 0 Å². The topological polar surface area (TPSA) is 31.7 Å². The number of hydrogen-bond acceptors (Lipinski definition) is 5. The molecule has 1 aliphatic heterocycles. The Kier molecular flexibility index (Phi) is 6.49. The number of hydrogen-bond donors (Lipinski definition) is 0. The summed E-state index contributed by atoms with van der Waals surface area (Å²) in [6.07, 6.45) is 0.764. The van der Waals surface area contributed by atoms with E-state index in [1.165, 1.54) is 5.56 Å². The second-order valence-corrected chi connectivity index (χ2v) is 10.2. The predicted octanol–water partition coefficient (Wildman–Crippen LogP) is 7.55. The van der Waals surface area contributed by atoms with E-state index in [0.717, 1.165) is 44.4 Å². The molecule has 0 spiro atoms. The number of para-hydroxylation sites is 1. The fraction of sp³-hybridized carbons (Fsp3) is 0.154. The van der Waals surface area contributed by atoms with Gasteiger partial charge in [0, 0.05) is 24.5 Å². The number of hydrazone groups is 1. The molecule has 0 fully saturated rings. The SMILES string of the molecule is CN(Cc1ccccc1)c1nc(Cl)c(C2CC(c3ccc(Br)cc3)=NN2c2ccccc2)s1. The standard InChI is InChI=1S/C26H22BrClN4S/c1-31(17-18-8-4-2-5-9-18)26-29-25(28)24(33-26)23-16-22(19-12-14-20(27)15-13-19)30-32(23)21-10-6-3-7-11-21/h2-15,23H,16-17H2,1H3. The van der Waals surface area contributed by atoms with Crippen molar-refractivity contribution in [2.24, 2.45) is 5.10 Å². The van der Waals surface area contributed by atoms with E-state index in [1.807, 2.05) is 36.4 Å². The van der Waals surface area contributed by atoms with Crippen molar-refractivity contribution >= 4 is 55.4 Å². The van der Waals surface area contributed by atoms with Crippen LogP contribution in [0.15, 0.2) is 94.5 Å². The van der Waals surface area contributed by atoms with Gasteiger partial charge in [-0.3, -0.25) is 5.01 Å². The molecule has 2 heterocycles. The first-order chi connectivity index (χ1) is 16.1. The molecule has 1 aliphatic rings. The second-order valence-electron chi connectivity index (χ2n) is 7.95. The average Bonchev–Trinajstić information content (AvgIpc) is 3.45. The maximum Gasteiger partial charge on any atom is 0.187 e. The molecule has 1 atom stereocenters. The third kappa shape index (κ3) is 4.83. The summed E-state index contributed by atoms with van der Waals surface area (Å²) in [6, 6.07) is 28.9. The quantitative estimate of drug-likeness (QED) is 0.254. The van der Waals surface area contributed by atoms with Crippen molar-refractivity contribution in [2.45, 2.75) is 19.0 Å². The number of aromatic nitrogens is 1. The highest BCUT2D eigenvalue weighted by Crippen LogP contribution is 2.43. The molecule has 33 heavy (non-hydrogen) atoms. The number of nitrogens with zero attached hydrogens (tertiary/aromatic N) is 4. The van der Waals surface area contributed by atoms with Crippen LogP contribution in [0.5, 0.6) is 0 Å². The third-order valence-corrected chi connectivity index (χ3v) is 7.80. The Morgan fingerprint density at radius 2 is 1.67 bits per heavy atom. The van der Waals surface area contributed by atoms with Crippen molar-refractivity contribution in [1.82, 2.24) is 4.98 Å². The Labute approximate surface area is 211 Å². The molecule has 5 rings (SSSR count). The lowest BCUT2D eigenvalue weighted by atomic mass is 10.0. The zero-order chi connectivity index (χ0) is 22.8. The summed E-state index contributed by atoms with van der Waals surface area (Å²) in [6.45, 7) is 0.776. The average molecular weight is 538 g/mol. The molecule has 0 bridgehead atoms. The van der Waals surface area contributed by atoms with Crippen LogP contribution in [0.25, 0.3) is 0 Å². The van der Waals surface area contributed by atoms with Gasteiger partial charge in [-0.1, -0.05) is 99.5 Å². The van der Waals surface area contributed by atoms with Gasteiger partial charge in [-0.2, -0.15) is 5.10 Å². The largest absolute Gasteiger partial charge is 0.347 e. The summed E-state index contributed by atoms with van der Waals surface area (Å²) in [4.78, 5) is 7.89. The lowest BCUT2D eigenvalue weighted by Crippen LogP contribution is -2.18. The summed E-state index contributed by atoms with van der Waals surface area (Å²) < 4.78 is 1.05. The van der Waals surface area contributed by atoms with E-state index < -0.39 is 0 Å². The van der Waals surface area contributed by atoms with Crippen LogP contribution in [-0.2, 0) is 6.54 Å². The van der Waals surface area contributed by atoms with E-state index in [4.69, 9.17) is 21.7 Å². The fourth-order valence-corrected chi connectivity index (χ4v) is 5.59. The minimum absolute atomic E-state index is 0.00470. The normalized spacial score (nSPS) is 15.5. The van der Waals surface area contributed by atoms with Crippen LogP contribution in [0.4, 0.5) is 10.8 Å². The molecule has 0 N–H and O–H groups in total. The third-order valence-electron chi connectivity index (χ3n) is 5.60. The second kappa shape index (κ2) is 9.67. The smallest absolute Gasteiger partial charge is 0.187 e. The monoisotopic (exact) mass is 536 g/mol.